The number of methoxy groups -OCH3 is 1. The number of hydrogen-bond donors (Lipinski definition) is 0. The Balaban J connectivity index is 1.83. The molecule has 0 radical (unpaired) electrons. The summed E-state index contributed by atoms with van der Waals surface area (Å²) in [7, 11) is 1.71. The Hall–Kier alpha value is -2.48. The molecule has 2 nitrogen and oxygen atoms in total. The number of nitrogens with zero attached hydrogens (tertiary/aromatic N) is 1. The Morgan fingerprint density at radius 1 is 1.16 bits per heavy atom. The van der Waals surface area contributed by atoms with Gasteiger partial charge in [0.25, 0.3) is 0 Å². The number of hydrogen-bond acceptors (Lipinski definition) is 1. The van der Waals surface area contributed by atoms with E-state index in [2.05, 4.69) is 65.8 Å². The van der Waals surface area contributed by atoms with E-state index in [1.807, 2.05) is 0 Å². The SMILES string of the molecule is C=CCC1CCCc2c1n(Cc1ccc(OC)cc1)c1ccccc21. The molecule has 0 saturated carbocycles. The van der Waals surface area contributed by atoms with E-state index >= 15 is 0 Å². The lowest BCUT2D eigenvalue weighted by Crippen LogP contribution is -2.14. The van der Waals surface area contributed by atoms with E-state index in [4.69, 9.17) is 4.74 Å². The third kappa shape index (κ3) is 2.86. The Morgan fingerprint density at radius 2 is 1.96 bits per heavy atom. The summed E-state index contributed by atoms with van der Waals surface area (Å²) in [6.45, 7) is 4.90. The molecule has 0 saturated heterocycles. The normalized spacial score (nSPS) is 16.6. The second-order valence-electron chi connectivity index (χ2n) is 6.93. The number of rotatable bonds is 5. The summed E-state index contributed by atoms with van der Waals surface area (Å²) >= 11 is 0. The van der Waals surface area contributed by atoms with Gasteiger partial charge in [-0.25, -0.2) is 0 Å². The maximum Gasteiger partial charge on any atom is 0.118 e. The summed E-state index contributed by atoms with van der Waals surface area (Å²) in [5.74, 6) is 1.50. The highest BCUT2D eigenvalue weighted by Gasteiger charge is 2.26. The van der Waals surface area contributed by atoms with E-state index in [9.17, 15) is 0 Å². The molecule has 2 heteroatoms. The zero-order valence-electron chi connectivity index (χ0n) is 14.9. The van der Waals surface area contributed by atoms with Gasteiger partial charge in [0, 0.05) is 29.1 Å². The predicted octanol–water partition coefficient (Wildman–Crippen LogP) is 5.69. The van der Waals surface area contributed by atoms with Crippen molar-refractivity contribution in [1.82, 2.24) is 4.57 Å². The number of fused-ring (bicyclic) bond motifs is 3. The molecule has 1 aliphatic rings. The third-order valence-electron chi connectivity index (χ3n) is 5.44. The number of para-hydroxylation sites is 1. The maximum atomic E-state index is 5.30. The van der Waals surface area contributed by atoms with Crippen molar-refractivity contribution in [1.29, 1.82) is 0 Å². The number of aryl methyl sites for hydroxylation is 1. The average Bonchev–Trinajstić information content (AvgIpc) is 2.98. The predicted molar refractivity (Wildman–Crippen MR) is 105 cm³/mol. The van der Waals surface area contributed by atoms with Crippen LogP contribution in [0.15, 0.2) is 61.2 Å². The van der Waals surface area contributed by atoms with Crippen LogP contribution in [0.25, 0.3) is 10.9 Å². The number of benzene rings is 2. The Kier molecular flexibility index (Phi) is 4.35. The minimum absolute atomic E-state index is 0.590. The highest BCUT2D eigenvalue weighted by Crippen LogP contribution is 2.40. The largest absolute Gasteiger partial charge is 0.497 e. The molecule has 0 amide bonds. The molecule has 1 heterocycles. The lowest BCUT2D eigenvalue weighted by Gasteiger charge is -2.25. The number of allylic oxidation sites excluding steroid dienone is 1. The van der Waals surface area contributed by atoms with Crippen LogP contribution in [-0.4, -0.2) is 11.7 Å². The van der Waals surface area contributed by atoms with Crippen LogP contribution >= 0.6 is 0 Å². The molecule has 1 aliphatic carbocycles. The van der Waals surface area contributed by atoms with E-state index in [0.29, 0.717) is 5.92 Å². The van der Waals surface area contributed by atoms with Gasteiger partial charge in [-0.2, -0.15) is 0 Å². The van der Waals surface area contributed by atoms with Gasteiger partial charge in [-0.05, 0) is 55.0 Å². The molecule has 0 bridgehead atoms. The molecule has 0 fully saturated rings. The van der Waals surface area contributed by atoms with Crippen molar-refractivity contribution >= 4 is 10.9 Å². The molecule has 1 aromatic heterocycles. The van der Waals surface area contributed by atoms with E-state index in [0.717, 1.165) is 18.7 Å². The van der Waals surface area contributed by atoms with Crippen LogP contribution in [0.1, 0.15) is 42.0 Å². The molecular formula is C23H25NO. The zero-order chi connectivity index (χ0) is 17.2. The summed E-state index contributed by atoms with van der Waals surface area (Å²) in [5, 5.41) is 1.43. The van der Waals surface area contributed by atoms with Gasteiger partial charge in [0.1, 0.15) is 5.75 Å². The summed E-state index contributed by atoms with van der Waals surface area (Å²) < 4.78 is 7.84. The van der Waals surface area contributed by atoms with Gasteiger partial charge in [-0.15, -0.1) is 6.58 Å². The highest BCUT2D eigenvalue weighted by molar-refractivity contribution is 5.86. The van der Waals surface area contributed by atoms with Crippen molar-refractivity contribution in [3.05, 3.63) is 78.0 Å². The lowest BCUT2D eigenvalue weighted by atomic mass is 9.84. The molecule has 0 spiro atoms. The molecule has 3 aromatic rings. The first-order valence-electron chi connectivity index (χ1n) is 9.15. The summed E-state index contributed by atoms with van der Waals surface area (Å²) in [5.41, 5.74) is 5.76. The second-order valence-corrected chi connectivity index (χ2v) is 6.93. The smallest absolute Gasteiger partial charge is 0.118 e. The van der Waals surface area contributed by atoms with Crippen molar-refractivity contribution < 1.29 is 4.74 Å². The van der Waals surface area contributed by atoms with Gasteiger partial charge in [0.15, 0.2) is 0 Å². The van der Waals surface area contributed by atoms with Crippen LogP contribution in [0, 0.1) is 0 Å². The molecule has 0 N–H and O–H groups in total. The highest BCUT2D eigenvalue weighted by atomic mass is 16.5. The Bertz CT molecular complexity index is 888. The molecule has 1 unspecified atom stereocenters. The number of ether oxygens (including phenoxy) is 1. The zero-order valence-corrected chi connectivity index (χ0v) is 14.9. The Labute approximate surface area is 149 Å². The van der Waals surface area contributed by atoms with Crippen molar-refractivity contribution in [2.45, 2.75) is 38.1 Å². The molecule has 4 rings (SSSR count). The van der Waals surface area contributed by atoms with Gasteiger partial charge in [-0.1, -0.05) is 36.4 Å². The minimum Gasteiger partial charge on any atom is -0.497 e. The third-order valence-corrected chi connectivity index (χ3v) is 5.44. The van der Waals surface area contributed by atoms with E-state index in [1.54, 1.807) is 12.7 Å². The maximum absolute atomic E-state index is 5.30. The fourth-order valence-corrected chi connectivity index (χ4v) is 4.30. The van der Waals surface area contributed by atoms with Gasteiger partial charge >= 0.3 is 0 Å². The standard InChI is InChI=1S/C23H25NO/c1-3-7-18-8-6-10-21-20-9-4-5-11-22(20)24(23(18)21)16-17-12-14-19(25-2)15-13-17/h3-5,9,11-15,18H,1,6-8,10,16H2,2H3. The molecular weight excluding hydrogens is 306 g/mol. The van der Waals surface area contributed by atoms with E-state index in [-0.39, 0.29) is 0 Å². The average molecular weight is 331 g/mol. The summed E-state index contributed by atoms with van der Waals surface area (Å²) in [6, 6.07) is 17.3. The number of aromatic nitrogens is 1. The first-order chi connectivity index (χ1) is 12.3. The van der Waals surface area contributed by atoms with Crippen molar-refractivity contribution in [3.8, 4) is 5.75 Å². The van der Waals surface area contributed by atoms with Crippen LogP contribution in [0.4, 0.5) is 0 Å². The quantitative estimate of drug-likeness (QED) is 0.547. The van der Waals surface area contributed by atoms with Crippen molar-refractivity contribution in [2.75, 3.05) is 7.11 Å². The van der Waals surface area contributed by atoms with Gasteiger partial charge in [0.05, 0.1) is 7.11 Å². The van der Waals surface area contributed by atoms with Gasteiger partial charge in [-0.3, -0.25) is 0 Å². The summed E-state index contributed by atoms with van der Waals surface area (Å²) in [4.78, 5) is 0. The minimum atomic E-state index is 0.590. The fourth-order valence-electron chi connectivity index (χ4n) is 4.30. The summed E-state index contributed by atoms with van der Waals surface area (Å²) in [6.07, 6.45) is 6.88. The molecule has 2 aromatic carbocycles. The topological polar surface area (TPSA) is 14.2 Å². The molecule has 1 atom stereocenters. The lowest BCUT2D eigenvalue weighted by molar-refractivity contribution is 0.414. The second kappa shape index (κ2) is 6.79. The Morgan fingerprint density at radius 3 is 2.72 bits per heavy atom. The molecule has 25 heavy (non-hydrogen) atoms. The van der Waals surface area contributed by atoms with Crippen molar-refractivity contribution in [3.63, 3.8) is 0 Å². The van der Waals surface area contributed by atoms with Crippen LogP contribution in [0.5, 0.6) is 5.75 Å². The fraction of sp³-hybridized carbons (Fsp3) is 0.304. The van der Waals surface area contributed by atoms with Crippen LogP contribution in [0.3, 0.4) is 0 Å². The molecule has 128 valence electrons. The van der Waals surface area contributed by atoms with Gasteiger partial charge < -0.3 is 9.30 Å². The monoisotopic (exact) mass is 331 g/mol. The van der Waals surface area contributed by atoms with Crippen LogP contribution < -0.4 is 4.74 Å². The van der Waals surface area contributed by atoms with E-state index in [1.165, 1.54) is 41.4 Å². The van der Waals surface area contributed by atoms with Crippen LogP contribution in [0.2, 0.25) is 0 Å². The molecule has 0 aliphatic heterocycles. The first-order valence-corrected chi connectivity index (χ1v) is 9.15. The van der Waals surface area contributed by atoms with Gasteiger partial charge in [0.2, 0.25) is 0 Å². The van der Waals surface area contributed by atoms with E-state index < -0.39 is 0 Å². The van der Waals surface area contributed by atoms with Crippen LogP contribution in [-0.2, 0) is 13.0 Å². The first kappa shape index (κ1) is 16.0. The van der Waals surface area contributed by atoms with Crippen molar-refractivity contribution in [2.24, 2.45) is 0 Å².